The van der Waals surface area contributed by atoms with Crippen LogP contribution in [0.1, 0.15) is 16.1 Å². The second-order valence-electron chi connectivity index (χ2n) is 6.92. The molecule has 2 aromatic carbocycles. The molecule has 152 valence electrons. The summed E-state index contributed by atoms with van der Waals surface area (Å²) in [5.74, 6) is 0.489. The van der Waals surface area contributed by atoms with Crippen LogP contribution < -0.4 is 5.32 Å². The van der Waals surface area contributed by atoms with Crippen LogP contribution in [-0.4, -0.2) is 26.8 Å². The molecule has 1 N–H and O–H groups in total. The molecule has 4 aromatic rings. The van der Waals surface area contributed by atoms with Gasteiger partial charge in [-0.2, -0.15) is 0 Å². The predicted molar refractivity (Wildman–Crippen MR) is 121 cm³/mol. The van der Waals surface area contributed by atoms with Gasteiger partial charge in [0.1, 0.15) is 0 Å². The molecule has 0 saturated heterocycles. The third kappa shape index (κ3) is 4.95. The molecule has 8 heteroatoms. The van der Waals surface area contributed by atoms with Gasteiger partial charge in [0.05, 0.1) is 16.5 Å². The third-order valence-electron chi connectivity index (χ3n) is 4.26. The zero-order valence-corrected chi connectivity index (χ0v) is 18.4. The Morgan fingerprint density at radius 3 is 2.60 bits per heavy atom. The second-order valence-corrected chi connectivity index (χ2v) is 8.91. The van der Waals surface area contributed by atoms with Gasteiger partial charge in [-0.3, -0.25) is 4.79 Å². The zero-order valence-electron chi connectivity index (χ0n) is 16.8. The van der Waals surface area contributed by atoms with Crippen LogP contribution in [0.15, 0.2) is 57.5 Å². The van der Waals surface area contributed by atoms with E-state index < -0.39 is 0 Å². The SMILES string of the molecule is Cc1cc(C)cc(-c2nnc(SCC(=O)Nc3cccc(-c4csc(C)n4)c3)o2)c1. The van der Waals surface area contributed by atoms with Gasteiger partial charge in [-0.15, -0.1) is 21.5 Å². The Labute approximate surface area is 182 Å². The summed E-state index contributed by atoms with van der Waals surface area (Å²) in [5.41, 5.74) is 5.75. The molecule has 0 spiro atoms. The highest BCUT2D eigenvalue weighted by Gasteiger charge is 2.12. The first kappa shape index (κ1) is 20.3. The van der Waals surface area contributed by atoms with Crippen LogP contribution in [0.3, 0.4) is 0 Å². The van der Waals surface area contributed by atoms with E-state index in [0.717, 1.165) is 38.6 Å². The zero-order chi connectivity index (χ0) is 21.1. The van der Waals surface area contributed by atoms with Crippen molar-refractivity contribution < 1.29 is 9.21 Å². The maximum atomic E-state index is 12.4. The first-order chi connectivity index (χ1) is 14.5. The number of amides is 1. The van der Waals surface area contributed by atoms with E-state index >= 15 is 0 Å². The van der Waals surface area contributed by atoms with E-state index in [2.05, 4.69) is 26.6 Å². The molecule has 0 unspecified atom stereocenters. The summed E-state index contributed by atoms with van der Waals surface area (Å²) >= 11 is 2.81. The molecule has 0 atom stereocenters. The van der Waals surface area contributed by atoms with Gasteiger partial charge in [-0.25, -0.2) is 4.98 Å². The Hall–Kier alpha value is -2.97. The lowest BCUT2D eigenvalue weighted by Crippen LogP contribution is -2.14. The third-order valence-corrected chi connectivity index (χ3v) is 5.85. The molecule has 2 aromatic heterocycles. The number of aromatic nitrogens is 3. The fourth-order valence-electron chi connectivity index (χ4n) is 3.06. The number of thiazole rings is 1. The van der Waals surface area contributed by atoms with Crippen LogP contribution in [0, 0.1) is 20.8 Å². The van der Waals surface area contributed by atoms with Crippen molar-refractivity contribution in [3.8, 4) is 22.7 Å². The molecule has 0 aliphatic heterocycles. The van der Waals surface area contributed by atoms with Crippen LogP contribution in [0.2, 0.25) is 0 Å². The minimum Gasteiger partial charge on any atom is -0.411 e. The van der Waals surface area contributed by atoms with E-state index in [4.69, 9.17) is 4.42 Å². The van der Waals surface area contributed by atoms with Gasteiger partial charge in [0.15, 0.2) is 0 Å². The molecule has 30 heavy (non-hydrogen) atoms. The fraction of sp³-hybridized carbons (Fsp3) is 0.182. The Morgan fingerprint density at radius 2 is 1.87 bits per heavy atom. The highest BCUT2D eigenvalue weighted by molar-refractivity contribution is 7.99. The first-order valence-corrected chi connectivity index (χ1v) is 11.2. The van der Waals surface area contributed by atoms with Crippen molar-refractivity contribution >= 4 is 34.7 Å². The number of aryl methyl sites for hydroxylation is 3. The molecule has 4 rings (SSSR count). The standard InChI is InChI=1S/C22H20N4O2S2/c1-13-7-14(2)9-17(8-13)21-25-26-22(28-21)30-12-20(27)24-18-6-4-5-16(10-18)19-11-29-15(3)23-19/h4-11H,12H2,1-3H3,(H,24,27). The summed E-state index contributed by atoms with van der Waals surface area (Å²) in [6, 6.07) is 13.7. The molecule has 0 fully saturated rings. The summed E-state index contributed by atoms with van der Waals surface area (Å²) in [5, 5.41) is 14.4. The summed E-state index contributed by atoms with van der Waals surface area (Å²) < 4.78 is 5.71. The highest BCUT2D eigenvalue weighted by Crippen LogP contribution is 2.26. The van der Waals surface area contributed by atoms with Gasteiger partial charge in [-0.1, -0.05) is 41.1 Å². The van der Waals surface area contributed by atoms with Gasteiger partial charge in [-0.05, 0) is 45.0 Å². The fourth-order valence-corrected chi connectivity index (χ4v) is 4.24. The lowest BCUT2D eigenvalue weighted by Gasteiger charge is -2.05. The van der Waals surface area contributed by atoms with Crippen molar-refractivity contribution in [2.45, 2.75) is 26.0 Å². The van der Waals surface area contributed by atoms with E-state index in [9.17, 15) is 4.79 Å². The Morgan fingerprint density at radius 1 is 1.07 bits per heavy atom. The lowest BCUT2D eigenvalue weighted by atomic mass is 10.1. The van der Waals surface area contributed by atoms with Gasteiger partial charge in [0, 0.05) is 22.2 Å². The normalized spacial score (nSPS) is 10.9. The van der Waals surface area contributed by atoms with Crippen LogP contribution in [0.4, 0.5) is 5.69 Å². The van der Waals surface area contributed by atoms with Crippen molar-refractivity contribution in [1.29, 1.82) is 0 Å². The van der Waals surface area contributed by atoms with Gasteiger partial charge >= 0.3 is 0 Å². The van der Waals surface area contributed by atoms with Crippen LogP contribution in [0.25, 0.3) is 22.7 Å². The number of nitrogens with one attached hydrogen (secondary N) is 1. The molecule has 0 aliphatic rings. The minimum absolute atomic E-state index is 0.141. The number of benzene rings is 2. The molecule has 2 heterocycles. The summed E-state index contributed by atoms with van der Waals surface area (Å²) in [7, 11) is 0. The number of hydrogen-bond acceptors (Lipinski definition) is 7. The Kier molecular flexibility index (Phi) is 5.96. The number of carbonyl (C=O) groups excluding carboxylic acids is 1. The number of carbonyl (C=O) groups is 1. The van der Waals surface area contributed by atoms with E-state index in [1.807, 2.05) is 62.5 Å². The number of rotatable bonds is 6. The maximum Gasteiger partial charge on any atom is 0.277 e. The highest BCUT2D eigenvalue weighted by atomic mass is 32.2. The lowest BCUT2D eigenvalue weighted by molar-refractivity contribution is -0.113. The van der Waals surface area contributed by atoms with Crippen molar-refractivity contribution in [3.05, 3.63) is 64.0 Å². The van der Waals surface area contributed by atoms with E-state index in [1.165, 1.54) is 11.8 Å². The first-order valence-electron chi connectivity index (χ1n) is 9.34. The predicted octanol–water partition coefficient (Wildman–Crippen LogP) is 5.52. The number of thioether (sulfide) groups is 1. The number of hydrogen-bond donors (Lipinski definition) is 1. The van der Waals surface area contributed by atoms with E-state index in [-0.39, 0.29) is 11.7 Å². The van der Waals surface area contributed by atoms with Crippen molar-refractivity contribution in [3.63, 3.8) is 0 Å². The molecule has 6 nitrogen and oxygen atoms in total. The summed E-state index contributed by atoms with van der Waals surface area (Å²) in [6.45, 7) is 6.02. The average molecular weight is 437 g/mol. The number of nitrogens with zero attached hydrogens (tertiary/aromatic N) is 3. The van der Waals surface area contributed by atoms with E-state index in [0.29, 0.717) is 11.1 Å². The molecule has 0 radical (unpaired) electrons. The van der Waals surface area contributed by atoms with E-state index in [1.54, 1.807) is 11.3 Å². The molecule has 1 amide bonds. The maximum absolute atomic E-state index is 12.4. The van der Waals surface area contributed by atoms with Crippen molar-refractivity contribution in [2.24, 2.45) is 0 Å². The van der Waals surface area contributed by atoms with Crippen molar-refractivity contribution in [1.82, 2.24) is 15.2 Å². The number of anilines is 1. The smallest absolute Gasteiger partial charge is 0.277 e. The van der Waals surface area contributed by atoms with Crippen LogP contribution in [0.5, 0.6) is 0 Å². The topological polar surface area (TPSA) is 80.9 Å². The average Bonchev–Trinajstić information content (AvgIpc) is 3.35. The monoisotopic (exact) mass is 436 g/mol. The summed E-state index contributed by atoms with van der Waals surface area (Å²) in [6.07, 6.45) is 0. The quantitative estimate of drug-likeness (QED) is 0.401. The van der Waals surface area contributed by atoms with Gasteiger partial charge in [0.25, 0.3) is 5.22 Å². The summed E-state index contributed by atoms with van der Waals surface area (Å²) in [4.78, 5) is 16.9. The molecular weight excluding hydrogens is 416 g/mol. The molecule has 0 saturated carbocycles. The molecular formula is C22H20N4O2S2. The van der Waals surface area contributed by atoms with Crippen molar-refractivity contribution in [2.75, 3.05) is 11.1 Å². The van der Waals surface area contributed by atoms with Gasteiger partial charge < -0.3 is 9.73 Å². The van der Waals surface area contributed by atoms with Gasteiger partial charge in [0.2, 0.25) is 11.8 Å². The van der Waals surface area contributed by atoms with Crippen LogP contribution in [-0.2, 0) is 4.79 Å². The second kappa shape index (κ2) is 8.81. The largest absolute Gasteiger partial charge is 0.411 e. The molecule has 0 bridgehead atoms. The minimum atomic E-state index is -0.141. The molecule has 0 aliphatic carbocycles. The Bertz CT molecular complexity index is 1180. The Balaban J connectivity index is 1.37. The van der Waals surface area contributed by atoms with Crippen LogP contribution >= 0.6 is 23.1 Å².